The molecular formula is C27H23FN8O3. The average Bonchev–Trinajstić information content (AvgIpc) is 3.42. The normalized spacial score (nSPS) is 14.7. The van der Waals surface area contributed by atoms with Gasteiger partial charge in [0.15, 0.2) is 5.82 Å². The number of nitrogens with one attached hydrogen (secondary N) is 3. The molecule has 3 amide bonds. The van der Waals surface area contributed by atoms with Gasteiger partial charge in [-0.25, -0.2) is 19.3 Å². The number of carbonyl (C=O) groups is 3. The van der Waals surface area contributed by atoms with Crippen LogP contribution in [0.25, 0.3) is 11.4 Å². The third-order valence-corrected chi connectivity index (χ3v) is 6.04. The van der Waals surface area contributed by atoms with E-state index in [1.807, 2.05) is 0 Å². The Kier molecular flexibility index (Phi) is 6.91. The maximum atomic E-state index is 15.0. The minimum Gasteiger partial charge on any atom is -0.308 e. The second-order valence-electron chi connectivity index (χ2n) is 8.89. The molecule has 2 heterocycles. The van der Waals surface area contributed by atoms with Crippen molar-refractivity contribution in [2.24, 2.45) is 4.99 Å². The Labute approximate surface area is 222 Å². The van der Waals surface area contributed by atoms with Crippen LogP contribution in [0.3, 0.4) is 0 Å². The van der Waals surface area contributed by atoms with Crippen molar-refractivity contribution in [2.75, 3.05) is 16.8 Å². The number of amides is 3. The van der Waals surface area contributed by atoms with Gasteiger partial charge in [0.1, 0.15) is 11.6 Å². The van der Waals surface area contributed by atoms with Crippen molar-refractivity contribution >= 4 is 34.8 Å². The molecule has 11 nitrogen and oxygen atoms in total. The molecule has 0 radical (unpaired) electrons. The number of aromatic nitrogens is 4. The number of para-hydroxylation sites is 1. The summed E-state index contributed by atoms with van der Waals surface area (Å²) in [5.74, 6) is -1.04. The lowest BCUT2D eigenvalue weighted by Gasteiger charge is -2.26. The highest BCUT2D eigenvalue weighted by atomic mass is 19.1. The van der Waals surface area contributed by atoms with Gasteiger partial charge in [0.25, 0.3) is 5.91 Å². The number of ketones is 1. The fraction of sp³-hybridized carbons (Fsp3) is 0.148. The van der Waals surface area contributed by atoms with E-state index in [0.717, 1.165) is 0 Å². The number of benzene rings is 3. The van der Waals surface area contributed by atoms with Gasteiger partial charge in [-0.05, 0) is 54.1 Å². The first-order valence-corrected chi connectivity index (χ1v) is 12.0. The van der Waals surface area contributed by atoms with Crippen molar-refractivity contribution in [3.8, 4) is 11.4 Å². The van der Waals surface area contributed by atoms with Gasteiger partial charge in [0.2, 0.25) is 6.17 Å². The lowest BCUT2D eigenvalue weighted by atomic mass is 9.97. The van der Waals surface area contributed by atoms with Crippen LogP contribution in [0.4, 0.5) is 20.6 Å². The van der Waals surface area contributed by atoms with E-state index >= 15 is 0 Å². The second-order valence-corrected chi connectivity index (χ2v) is 8.89. The number of benzodiazepines with no additional fused rings is 1. The van der Waals surface area contributed by atoms with Crippen molar-refractivity contribution in [1.82, 2.24) is 25.9 Å². The maximum absolute atomic E-state index is 15.0. The van der Waals surface area contributed by atoms with Gasteiger partial charge in [-0.3, -0.25) is 9.59 Å². The van der Waals surface area contributed by atoms with Crippen molar-refractivity contribution < 1.29 is 18.8 Å². The highest BCUT2D eigenvalue weighted by Gasteiger charge is 2.35. The Hall–Kier alpha value is -5.26. The van der Waals surface area contributed by atoms with Crippen LogP contribution in [-0.2, 0) is 9.59 Å². The van der Waals surface area contributed by atoms with Gasteiger partial charge >= 0.3 is 6.03 Å². The van der Waals surface area contributed by atoms with E-state index < -0.39 is 23.9 Å². The lowest BCUT2D eigenvalue weighted by Crippen LogP contribution is -2.49. The van der Waals surface area contributed by atoms with Gasteiger partial charge in [0, 0.05) is 22.4 Å². The first-order valence-electron chi connectivity index (χ1n) is 12.0. The highest BCUT2D eigenvalue weighted by Crippen LogP contribution is 2.32. The van der Waals surface area contributed by atoms with E-state index in [2.05, 4.69) is 36.3 Å². The Morgan fingerprint density at radius 2 is 1.82 bits per heavy atom. The summed E-state index contributed by atoms with van der Waals surface area (Å²) in [6, 6.07) is 17.3. The predicted molar refractivity (Wildman–Crippen MR) is 142 cm³/mol. The molecule has 0 fully saturated rings. The van der Waals surface area contributed by atoms with Gasteiger partial charge in [-0.15, -0.1) is 5.10 Å². The number of anilines is 2. The number of Topliss-reactive ketones (excluding diaryl/α,β-unsaturated/α-hetero) is 1. The topological polar surface area (TPSA) is 145 Å². The maximum Gasteiger partial charge on any atom is 0.321 e. The average molecular weight is 527 g/mol. The summed E-state index contributed by atoms with van der Waals surface area (Å²) < 4.78 is 15.0. The zero-order chi connectivity index (χ0) is 27.5. The number of nitrogens with zero attached hydrogens (tertiary/aromatic N) is 5. The molecule has 12 heteroatoms. The molecular weight excluding hydrogens is 503 g/mol. The van der Waals surface area contributed by atoms with Crippen molar-refractivity contribution in [3.63, 3.8) is 0 Å². The molecule has 1 aliphatic rings. The molecule has 0 spiro atoms. The largest absolute Gasteiger partial charge is 0.321 e. The van der Waals surface area contributed by atoms with E-state index in [1.54, 1.807) is 67.6 Å². The minimum atomic E-state index is -1.45. The first kappa shape index (κ1) is 25.4. The summed E-state index contributed by atoms with van der Waals surface area (Å²) >= 11 is 0. The number of hydrogen-bond donors (Lipinski definition) is 3. The Morgan fingerprint density at radius 1 is 1.05 bits per heavy atom. The monoisotopic (exact) mass is 526 g/mol. The molecule has 3 N–H and O–H groups in total. The van der Waals surface area contributed by atoms with Gasteiger partial charge in [0.05, 0.1) is 17.9 Å². The smallest absolute Gasteiger partial charge is 0.308 e. The van der Waals surface area contributed by atoms with Crippen LogP contribution in [0, 0.1) is 12.7 Å². The van der Waals surface area contributed by atoms with Crippen LogP contribution in [0.2, 0.25) is 0 Å². The fourth-order valence-electron chi connectivity index (χ4n) is 4.38. The molecule has 4 aromatic rings. The van der Waals surface area contributed by atoms with Crippen molar-refractivity contribution in [3.05, 3.63) is 89.2 Å². The Balaban J connectivity index is 1.53. The molecule has 0 bridgehead atoms. The van der Waals surface area contributed by atoms with Gasteiger partial charge in [-0.1, -0.05) is 42.5 Å². The summed E-state index contributed by atoms with van der Waals surface area (Å²) in [4.78, 5) is 44.8. The zero-order valence-electron chi connectivity index (χ0n) is 21.0. The van der Waals surface area contributed by atoms with E-state index in [0.29, 0.717) is 33.9 Å². The predicted octanol–water partition coefficient (Wildman–Crippen LogP) is 3.24. The summed E-state index contributed by atoms with van der Waals surface area (Å²) in [5, 5.41) is 18.8. The van der Waals surface area contributed by atoms with E-state index in [4.69, 9.17) is 0 Å². The standard InChI is InChI=1S/C27H23FN8O3/c1-15-7-5-11-20-22(19-10-3-4-12-21(19)28)30-25(26(38)36(23(15)20)14-16(2)37)31-27(39)29-18-9-6-8-17(13-18)24-32-34-35-33-24/h3-13,25H,14H2,1-2H3,(H2,29,31,39)(H,32,33,34,35)/t25-/m0/s1. The van der Waals surface area contributed by atoms with Crippen molar-refractivity contribution in [2.45, 2.75) is 20.0 Å². The number of halogens is 1. The van der Waals surface area contributed by atoms with Crippen LogP contribution < -0.4 is 15.5 Å². The third-order valence-electron chi connectivity index (χ3n) is 6.04. The zero-order valence-corrected chi connectivity index (χ0v) is 21.0. The molecule has 5 rings (SSSR count). The number of H-pyrrole nitrogens is 1. The van der Waals surface area contributed by atoms with Crippen LogP contribution in [0.1, 0.15) is 23.6 Å². The van der Waals surface area contributed by atoms with E-state index in [-0.39, 0.29) is 23.6 Å². The molecule has 196 valence electrons. The number of aromatic amines is 1. The summed E-state index contributed by atoms with van der Waals surface area (Å²) in [6.45, 7) is 2.90. The Morgan fingerprint density at radius 3 is 2.56 bits per heavy atom. The number of carbonyl (C=O) groups excluding carboxylic acids is 3. The minimum absolute atomic E-state index is 0.155. The number of urea groups is 1. The van der Waals surface area contributed by atoms with Crippen molar-refractivity contribution in [1.29, 1.82) is 0 Å². The molecule has 0 aliphatic carbocycles. The fourth-order valence-corrected chi connectivity index (χ4v) is 4.38. The van der Waals surface area contributed by atoms with Crippen LogP contribution in [0.15, 0.2) is 71.7 Å². The van der Waals surface area contributed by atoms with Crippen LogP contribution in [-0.4, -0.2) is 56.8 Å². The molecule has 0 saturated heterocycles. The summed E-state index contributed by atoms with van der Waals surface area (Å²) in [7, 11) is 0. The van der Waals surface area contributed by atoms with Gasteiger partial charge in [-0.2, -0.15) is 0 Å². The molecule has 1 atom stereocenters. The second kappa shape index (κ2) is 10.6. The molecule has 39 heavy (non-hydrogen) atoms. The number of fused-ring (bicyclic) bond motifs is 1. The first-order chi connectivity index (χ1) is 18.8. The van der Waals surface area contributed by atoms with E-state index in [1.165, 1.54) is 17.9 Å². The summed E-state index contributed by atoms with van der Waals surface area (Å²) in [5.41, 5.74) is 2.95. The Bertz CT molecular complexity index is 1600. The quantitative estimate of drug-likeness (QED) is 0.352. The molecule has 0 unspecified atom stereocenters. The highest BCUT2D eigenvalue weighted by molar-refractivity contribution is 6.21. The van der Waals surface area contributed by atoms with Crippen LogP contribution >= 0.6 is 0 Å². The van der Waals surface area contributed by atoms with E-state index in [9.17, 15) is 18.8 Å². The van der Waals surface area contributed by atoms with Crippen LogP contribution in [0.5, 0.6) is 0 Å². The number of aliphatic imine (C=N–C) groups is 1. The molecule has 0 saturated carbocycles. The molecule has 3 aromatic carbocycles. The number of tetrazole rings is 1. The lowest BCUT2D eigenvalue weighted by molar-refractivity contribution is -0.123. The third kappa shape index (κ3) is 5.25. The molecule has 1 aromatic heterocycles. The number of rotatable bonds is 6. The van der Waals surface area contributed by atoms with Gasteiger partial charge < -0.3 is 15.5 Å². The SMILES string of the molecule is CC(=O)CN1C(=O)[C@H](NC(=O)Nc2cccc(-c3nnn[nH]3)c2)N=C(c2ccccc2F)c2cccc(C)c21. The number of hydrogen-bond acceptors (Lipinski definition) is 7. The molecule has 1 aliphatic heterocycles. The number of aryl methyl sites for hydroxylation is 1. The summed E-state index contributed by atoms with van der Waals surface area (Å²) in [6.07, 6.45) is -1.45.